The fraction of sp³-hybridized carbons (Fsp3) is 0.571. The second kappa shape index (κ2) is 6.59. The summed E-state index contributed by atoms with van der Waals surface area (Å²) < 4.78 is 17.9. The van der Waals surface area contributed by atoms with Crippen LogP contribution in [0.3, 0.4) is 0 Å². The number of nitrogens with two attached hydrogens (primary N) is 1. The summed E-state index contributed by atoms with van der Waals surface area (Å²) >= 11 is 3.48. The van der Waals surface area contributed by atoms with E-state index >= 15 is 0 Å². The van der Waals surface area contributed by atoms with Crippen LogP contribution in [0.2, 0.25) is 0 Å². The zero-order chi connectivity index (χ0) is 13.8. The van der Waals surface area contributed by atoms with Crippen LogP contribution in [0.25, 0.3) is 0 Å². The first-order valence-electron chi connectivity index (χ1n) is 6.53. The van der Waals surface area contributed by atoms with E-state index in [1.165, 1.54) is 0 Å². The van der Waals surface area contributed by atoms with Gasteiger partial charge in [-0.1, -0.05) is 13.0 Å². The van der Waals surface area contributed by atoms with Gasteiger partial charge >= 0.3 is 0 Å². The van der Waals surface area contributed by atoms with Crippen LogP contribution in [-0.2, 0) is 4.74 Å². The Kier molecular flexibility index (Phi) is 5.07. The minimum Gasteiger partial charge on any atom is -0.493 e. The molecule has 1 fully saturated rings. The summed E-state index contributed by atoms with van der Waals surface area (Å²) in [6.07, 6.45) is 1.75. The summed E-state index contributed by atoms with van der Waals surface area (Å²) in [5.41, 5.74) is 5.97. The number of para-hydroxylation sites is 1. The lowest BCUT2D eigenvalue weighted by Gasteiger charge is -2.42. The molecule has 0 aromatic heterocycles. The molecule has 3 atom stereocenters. The van der Waals surface area contributed by atoms with E-state index < -0.39 is 0 Å². The molecule has 106 valence electrons. The maximum Gasteiger partial charge on any atom is 0.175 e. The zero-order valence-corrected chi connectivity index (χ0v) is 12.9. The van der Waals surface area contributed by atoms with Gasteiger partial charge in [-0.25, -0.2) is 0 Å². The molecule has 0 bridgehead atoms. The molecule has 1 aliphatic rings. The van der Waals surface area contributed by atoms with E-state index in [9.17, 15) is 0 Å². The topological polar surface area (TPSA) is 53.7 Å². The van der Waals surface area contributed by atoms with Crippen molar-refractivity contribution in [3.8, 4) is 11.5 Å². The lowest BCUT2D eigenvalue weighted by Crippen LogP contribution is -2.59. The number of rotatable bonds is 6. The van der Waals surface area contributed by atoms with Gasteiger partial charge in [0.05, 0.1) is 11.6 Å². The van der Waals surface area contributed by atoms with E-state index in [0.717, 1.165) is 17.3 Å². The highest BCUT2D eigenvalue weighted by atomic mass is 79.9. The van der Waals surface area contributed by atoms with E-state index in [-0.39, 0.29) is 18.2 Å². The summed E-state index contributed by atoms with van der Waals surface area (Å²) in [5, 5.41) is 0. The van der Waals surface area contributed by atoms with Crippen molar-refractivity contribution in [2.45, 2.75) is 38.0 Å². The summed E-state index contributed by atoms with van der Waals surface area (Å²) in [6, 6.07) is 5.77. The molecule has 2 rings (SSSR count). The fourth-order valence-electron chi connectivity index (χ4n) is 2.13. The Morgan fingerprint density at radius 3 is 2.84 bits per heavy atom. The summed E-state index contributed by atoms with van der Waals surface area (Å²) in [6.45, 7) is 2.79. The Hall–Kier alpha value is -0.780. The molecule has 0 saturated heterocycles. The molecule has 0 spiro atoms. The molecule has 0 heterocycles. The van der Waals surface area contributed by atoms with Gasteiger partial charge in [0.25, 0.3) is 0 Å². The SMILES string of the molecule is CCCOC1C(N)CC1Oc1c(Br)cccc1OC. The van der Waals surface area contributed by atoms with Crippen molar-refractivity contribution in [1.29, 1.82) is 0 Å². The maximum atomic E-state index is 6.01. The number of ether oxygens (including phenoxy) is 3. The summed E-state index contributed by atoms with van der Waals surface area (Å²) in [7, 11) is 1.63. The lowest BCUT2D eigenvalue weighted by molar-refractivity contribution is -0.0987. The molecule has 1 aromatic carbocycles. The van der Waals surface area contributed by atoms with Gasteiger partial charge < -0.3 is 19.9 Å². The Morgan fingerprint density at radius 1 is 1.42 bits per heavy atom. The minimum absolute atomic E-state index is 0.00542. The van der Waals surface area contributed by atoms with E-state index in [4.69, 9.17) is 19.9 Å². The van der Waals surface area contributed by atoms with Crippen LogP contribution < -0.4 is 15.2 Å². The molecule has 0 radical (unpaired) electrons. The largest absolute Gasteiger partial charge is 0.493 e. The quantitative estimate of drug-likeness (QED) is 0.871. The van der Waals surface area contributed by atoms with Gasteiger partial charge in [0.15, 0.2) is 11.5 Å². The first-order chi connectivity index (χ1) is 9.17. The molecule has 5 heteroatoms. The third kappa shape index (κ3) is 3.22. The second-order valence-corrected chi connectivity index (χ2v) is 5.52. The van der Waals surface area contributed by atoms with Crippen molar-refractivity contribution in [2.24, 2.45) is 5.73 Å². The maximum absolute atomic E-state index is 6.01. The molecule has 1 aromatic rings. The molecule has 3 unspecified atom stereocenters. The molecular weight excluding hydrogens is 310 g/mol. The molecular formula is C14H20BrNO3. The van der Waals surface area contributed by atoms with Crippen molar-refractivity contribution in [2.75, 3.05) is 13.7 Å². The van der Waals surface area contributed by atoms with Crippen molar-refractivity contribution in [1.82, 2.24) is 0 Å². The van der Waals surface area contributed by atoms with Gasteiger partial charge in [0, 0.05) is 19.1 Å². The average molecular weight is 330 g/mol. The standard InChI is InChI=1S/C14H20BrNO3/c1-3-7-18-14-10(16)8-12(14)19-13-9(15)5-4-6-11(13)17-2/h4-6,10,12,14H,3,7-8,16H2,1-2H3. The normalized spacial score (nSPS) is 25.8. The van der Waals surface area contributed by atoms with Gasteiger partial charge in [0.1, 0.15) is 12.2 Å². The monoisotopic (exact) mass is 329 g/mol. The number of methoxy groups -OCH3 is 1. The smallest absolute Gasteiger partial charge is 0.175 e. The lowest BCUT2D eigenvalue weighted by atomic mass is 9.86. The summed E-state index contributed by atoms with van der Waals surface area (Å²) in [5.74, 6) is 1.43. The van der Waals surface area contributed by atoms with Crippen molar-refractivity contribution in [3.05, 3.63) is 22.7 Å². The first-order valence-corrected chi connectivity index (χ1v) is 7.33. The fourth-order valence-corrected chi connectivity index (χ4v) is 2.57. The van der Waals surface area contributed by atoms with Crippen LogP contribution in [0.15, 0.2) is 22.7 Å². The second-order valence-electron chi connectivity index (χ2n) is 4.66. The van der Waals surface area contributed by atoms with Crippen LogP contribution in [0.5, 0.6) is 11.5 Å². The molecule has 1 saturated carbocycles. The van der Waals surface area contributed by atoms with Crippen molar-refractivity contribution in [3.63, 3.8) is 0 Å². The Balaban J connectivity index is 2.05. The van der Waals surface area contributed by atoms with Gasteiger partial charge in [-0.2, -0.15) is 0 Å². The van der Waals surface area contributed by atoms with Gasteiger partial charge in [-0.3, -0.25) is 0 Å². The predicted octanol–water partition coefficient (Wildman–Crippen LogP) is 2.73. The van der Waals surface area contributed by atoms with Gasteiger partial charge in [-0.15, -0.1) is 0 Å². The molecule has 4 nitrogen and oxygen atoms in total. The van der Waals surface area contributed by atoms with Crippen molar-refractivity contribution < 1.29 is 14.2 Å². The molecule has 19 heavy (non-hydrogen) atoms. The van der Waals surface area contributed by atoms with E-state index in [0.29, 0.717) is 18.1 Å². The van der Waals surface area contributed by atoms with Crippen molar-refractivity contribution >= 4 is 15.9 Å². The number of hydrogen-bond donors (Lipinski definition) is 1. The van der Waals surface area contributed by atoms with Gasteiger partial charge in [0.2, 0.25) is 0 Å². The Morgan fingerprint density at radius 2 is 2.21 bits per heavy atom. The predicted molar refractivity (Wildman–Crippen MR) is 77.7 cm³/mol. The Labute approximate surface area is 122 Å². The molecule has 0 amide bonds. The van der Waals surface area contributed by atoms with E-state index in [1.54, 1.807) is 7.11 Å². The molecule has 1 aliphatic carbocycles. The van der Waals surface area contributed by atoms with Crippen LogP contribution >= 0.6 is 15.9 Å². The molecule has 2 N–H and O–H groups in total. The highest BCUT2D eigenvalue weighted by Crippen LogP contribution is 2.38. The minimum atomic E-state index is -0.0308. The third-order valence-corrected chi connectivity index (χ3v) is 3.85. The van der Waals surface area contributed by atoms with E-state index in [1.807, 2.05) is 18.2 Å². The summed E-state index contributed by atoms with van der Waals surface area (Å²) in [4.78, 5) is 0. The van der Waals surface area contributed by atoms with Crippen LogP contribution in [-0.4, -0.2) is 32.0 Å². The number of halogens is 1. The zero-order valence-electron chi connectivity index (χ0n) is 11.3. The van der Waals surface area contributed by atoms with Crippen LogP contribution in [0.1, 0.15) is 19.8 Å². The highest BCUT2D eigenvalue weighted by molar-refractivity contribution is 9.10. The highest BCUT2D eigenvalue weighted by Gasteiger charge is 2.42. The average Bonchev–Trinajstić information content (AvgIpc) is 2.40. The third-order valence-electron chi connectivity index (χ3n) is 3.23. The van der Waals surface area contributed by atoms with E-state index in [2.05, 4.69) is 22.9 Å². The number of benzene rings is 1. The first kappa shape index (κ1) is 14.6. The van der Waals surface area contributed by atoms with Crippen LogP contribution in [0.4, 0.5) is 0 Å². The van der Waals surface area contributed by atoms with Crippen LogP contribution in [0, 0.1) is 0 Å². The molecule has 0 aliphatic heterocycles. The number of hydrogen-bond acceptors (Lipinski definition) is 4. The van der Waals surface area contributed by atoms with Gasteiger partial charge in [-0.05, 0) is 34.5 Å². The Bertz CT molecular complexity index is 427.